The molecule has 1 unspecified atom stereocenters. The maximum atomic E-state index is 9.10. The van der Waals surface area contributed by atoms with Crippen LogP contribution >= 0.6 is 11.3 Å². The molecule has 1 aliphatic heterocycles. The van der Waals surface area contributed by atoms with Gasteiger partial charge in [0.25, 0.3) is 0 Å². The van der Waals surface area contributed by atoms with Gasteiger partial charge in [-0.15, -0.1) is 11.3 Å². The molecule has 0 spiro atoms. The Labute approximate surface area is 192 Å². The molecule has 1 aromatic carbocycles. The highest BCUT2D eigenvalue weighted by Gasteiger charge is 2.24. The van der Waals surface area contributed by atoms with Crippen molar-refractivity contribution in [3.05, 3.63) is 58.4 Å². The molecule has 3 heterocycles. The van der Waals surface area contributed by atoms with Crippen molar-refractivity contribution in [1.82, 2.24) is 9.47 Å². The smallest absolute Gasteiger partial charge is 0.414 e. The summed E-state index contributed by atoms with van der Waals surface area (Å²) in [5.41, 5.74) is 3.08. The third-order valence-electron chi connectivity index (χ3n) is 6.73. The van der Waals surface area contributed by atoms with Crippen LogP contribution < -0.4 is 0 Å². The summed E-state index contributed by atoms with van der Waals surface area (Å²) >= 11 is 1.97. The van der Waals surface area contributed by atoms with E-state index in [4.69, 9.17) is 19.8 Å². The molecule has 2 aliphatic rings. The van der Waals surface area contributed by atoms with E-state index in [0.717, 1.165) is 5.92 Å². The van der Waals surface area contributed by atoms with Crippen LogP contribution in [0.4, 0.5) is 0 Å². The molecule has 0 amide bonds. The number of thiophene rings is 1. The highest BCUT2D eigenvalue weighted by atomic mass is 32.1. The van der Waals surface area contributed by atoms with Gasteiger partial charge in [0.2, 0.25) is 0 Å². The van der Waals surface area contributed by atoms with Gasteiger partial charge in [0.05, 0.1) is 0 Å². The van der Waals surface area contributed by atoms with Crippen molar-refractivity contribution in [3.63, 3.8) is 0 Å². The van der Waals surface area contributed by atoms with Crippen LogP contribution in [0, 0.1) is 0 Å². The fourth-order valence-electron chi connectivity index (χ4n) is 5.06. The van der Waals surface area contributed by atoms with Crippen molar-refractivity contribution >= 4 is 34.2 Å². The first-order valence-electron chi connectivity index (χ1n) is 11.3. The molecule has 1 fully saturated rings. The molecule has 6 nitrogen and oxygen atoms in total. The summed E-state index contributed by atoms with van der Waals surface area (Å²) in [5.74, 6) is -2.83. The quantitative estimate of drug-likeness (QED) is 0.542. The molecule has 7 heteroatoms. The second-order valence-electron chi connectivity index (χ2n) is 8.64. The fourth-order valence-corrected chi connectivity index (χ4v) is 6.08. The summed E-state index contributed by atoms with van der Waals surface area (Å²) in [4.78, 5) is 22.6. The molecular weight excluding hydrogens is 424 g/mol. The number of benzene rings is 1. The topological polar surface area (TPSA) is 82.8 Å². The van der Waals surface area contributed by atoms with Gasteiger partial charge in [-0.05, 0) is 85.5 Å². The highest BCUT2D eigenvalue weighted by molar-refractivity contribution is 7.10. The number of nitrogens with zero attached hydrogens (tertiary/aromatic N) is 2. The number of rotatable bonds is 4. The van der Waals surface area contributed by atoms with Crippen molar-refractivity contribution in [2.75, 3.05) is 19.6 Å². The molecule has 0 bridgehead atoms. The van der Waals surface area contributed by atoms with E-state index in [-0.39, 0.29) is 0 Å². The number of piperidine rings is 1. The predicted molar refractivity (Wildman–Crippen MR) is 127 cm³/mol. The SMILES string of the molecule is O=C(O)C(=O)O.c1ccc2c(c1)ccn2C1CCN(CCC2CCCc3sccc32)CC1. The maximum Gasteiger partial charge on any atom is 0.414 e. The number of hydrogen-bond donors (Lipinski definition) is 2. The van der Waals surface area contributed by atoms with Gasteiger partial charge in [-0.25, -0.2) is 9.59 Å². The number of aryl methyl sites for hydroxylation is 1. The van der Waals surface area contributed by atoms with Crippen molar-refractivity contribution < 1.29 is 19.8 Å². The number of carboxylic acid groups (broad SMARTS) is 2. The molecule has 2 aromatic heterocycles. The number of fused-ring (bicyclic) bond motifs is 2. The third-order valence-corrected chi connectivity index (χ3v) is 7.73. The van der Waals surface area contributed by atoms with E-state index in [1.165, 1.54) is 69.1 Å². The Bertz CT molecular complexity index is 1050. The second-order valence-corrected chi connectivity index (χ2v) is 9.64. The minimum atomic E-state index is -1.82. The van der Waals surface area contributed by atoms with Crippen LogP contribution in [0.1, 0.15) is 54.5 Å². The van der Waals surface area contributed by atoms with Crippen LogP contribution in [-0.4, -0.2) is 51.3 Å². The van der Waals surface area contributed by atoms with Crippen molar-refractivity contribution in [1.29, 1.82) is 0 Å². The minimum Gasteiger partial charge on any atom is -0.473 e. The predicted octanol–water partition coefficient (Wildman–Crippen LogP) is 5.01. The molecule has 32 heavy (non-hydrogen) atoms. The Kier molecular flexibility index (Phi) is 7.27. The average molecular weight is 455 g/mol. The van der Waals surface area contributed by atoms with Gasteiger partial charge in [-0.1, -0.05) is 18.2 Å². The molecule has 3 aromatic rings. The van der Waals surface area contributed by atoms with Gasteiger partial charge in [-0.3, -0.25) is 0 Å². The van der Waals surface area contributed by atoms with Gasteiger partial charge in [0, 0.05) is 35.7 Å². The first-order chi connectivity index (χ1) is 15.5. The van der Waals surface area contributed by atoms with Crippen LogP contribution in [0.5, 0.6) is 0 Å². The lowest BCUT2D eigenvalue weighted by Crippen LogP contribution is -2.35. The van der Waals surface area contributed by atoms with E-state index in [1.54, 1.807) is 10.4 Å². The Morgan fingerprint density at radius 1 is 1.00 bits per heavy atom. The van der Waals surface area contributed by atoms with Crippen LogP contribution in [-0.2, 0) is 16.0 Å². The van der Waals surface area contributed by atoms with E-state index in [0.29, 0.717) is 6.04 Å². The van der Waals surface area contributed by atoms with Crippen LogP contribution in [0.3, 0.4) is 0 Å². The Hall–Kier alpha value is -2.64. The van der Waals surface area contributed by atoms with Gasteiger partial charge in [0.1, 0.15) is 0 Å². The standard InChI is InChI=1S/C23H28N2S.C2H2O4/c1-2-6-22-19(4-1)9-16-25(22)20-10-14-24(15-11-20)13-8-18-5-3-7-23-21(18)12-17-26-23;3-1(4)2(5)6/h1-2,4,6,9,12,16-18,20H,3,5,7-8,10-11,13-15H2;(H,3,4)(H,5,6). The third kappa shape index (κ3) is 5.22. The molecule has 5 rings (SSSR count). The molecule has 0 radical (unpaired) electrons. The van der Waals surface area contributed by atoms with E-state index in [9.17, 15) is 0 Å². The number of hydrogen-bond acceptors (Lipinski definition) is 4. The van der Waals surface area contributed by atoms with Crippen LogP contribution in [0.25, 0.3) is 10.9 Å². The van der Waals surface area contributed by atoms with Gasteiger partial charge < -0.3 is 19.7 Å². The minimum absolute atomic E-state index is 0.671. The second kappa shape index (κ2) is 10.3. The first-order valence-corrected chi connectivity index (χ1v) is 12.2. The van der Waals surface area contributed by atoms with E-state index in [2.05, 4.69) is 57.4 Å². The van der Waals surface area contributed by atoms with Gasteiger partial charge in [0.15, 0.2) is 0 Å². The molecular formula is C25H30N2O4S. The average Bonchev–Trinajstić information content (AvgIpc) is 3.46. The number of para-hydroxylation sites is 1. The molecule has 1 aliphatic carbocycles. The monoisotopic (exact) mass is 454 g/mol. The number of carbonyl (C=O) groups is 2. The highest BCUT2D eigenvalue weighted by Crippen LogP contribution is 2.37. The zero-order valence-electron chi connectivity index (χ0n) is 18.2. The maximum absolute atomic E-state index is 9.10. The van der Waals surface area contributed by atoms with E-state index >= 15 is 0 Å². The molecule has 0 saturated carbocycles. The Balaban J connectivity index is 0.000000363. The number of aromatic nitrogens is 1. The Morgan fingerprint density at radius 2 is 1.75 bits per heavy atom. The normalized spacial score (nSPS) is 19.2. The largest absolute Gasteiger partial charge is 0.473 e. The fraction of sp³-hybridized carbons (Fsp3) is 0.440. The number of carboxylic acids is 2. The first kappa shape index (κ1) is 22.6. The van der Waals surface area contributed by atoms with Crippen molar-refractivity contribution in [2.24, 2.45) is 0 Å². The summed E-state index contributed by atoms with van der Waals surface area (Å²) in [6.07, 6.45) is 10.3. The number of likely N-dealkylation sites (tertiary alicyclic amines) is 1. The number of aliphatic carboxylic acids is 2. The van der Waals surface area contributed by atoms with Gasteiger partial charge >= 0.3 is 11.9 Å². The lowest BCUT2D eigenvalue weighted by molar-refractivity contribution is -0.159. The van der Waals surface area contributed by atoms with Gasteiger partial charge in [-0.2, -0.15) is 0 Å². The lowest BCUT2D eigenvalue weighted by atomic mass is 9.85. The van der Waals surface area contributed by atoms with E-state index in [1.807, 2.05) is 11.3 Å². The van der Waals surface area contributed by atoms with Crippen LogP contribution in [0.2, 0.25) is 0 Å². The van der Waals surface area contributed by atoms with Crippen LogP contribution in [0.15, 0.2) is 48.0 Å². The zero-order valence-corrected chi connectivity index (χ0v) is 19.0. The molecule has 1 atom stereocenters. The summed E-state index contributed by atoms with van der Waals surface area (Å²) < 4.78 is 2.52. The summed E-state index contributed by atoms with van der Waals surface area (Å²) in [6, 6.07) is 14.1. The summed E-state index contributed by atoms with van der Waals surface area (Å²) in [6.45, 7) is 3.78. The van der Waals surface area contributed by atoms with E-state index < -0.39 is 11.9 Å². The summed E-state index contributed by atoms with van der Waals surface area (Å²) in [7, 11) is 0. The van der Waals surface area contributed by atoms with Crippen molar-refractivity contribution in [2.45, 2.75) is 50.5 Å². The Morgan fingerprint density at radius 3 is 2.50 bits per heavy atom. The molecule has 1 saturated heterocycles. The molecule has 2 N–H and O–H groups in total. The van der Waals surface area contributed by atoms with Crippen molar-refractivity contribution in [3.8, 4) is 0 Å². The summed E-state index contributed by atoms with van der Waals surface area (Å²) in [5, 5.41) is 18.5. The lowest BCUT2D eigenvalue weighted by Gasteiger charge is -2.34. The zero-order chi connectivity index (χ0) is 22.5. The molecule has 170 valence electrons.